The van der Waals surface area contributed by atoms with Gasteiger partial charge < -0.3 is 14.6 Å². The second kappa shape index (κ2) is 15.2. The van der Waals surface area contributed by atoms with Crippen molar-refractivity contribution in [2.45, 2.75) is 90.1 Å². The average molecular weight is 930 g/mol. The van der Waals surface area contributed by atoms with Crippen LogP contribution in [0.4, 0.5) is 11.4 Å². The molecular weight excluding hydrogens is 872 g/mol. The standard InChI is InChI=1S/C68H58BN2O/c1-66(2,3)43-23-26-45(27-24-43)70-58-33-42-31-41-32-44(67(4,5)6)25-28-46(41)50(42)34-52(58)48-29-30-49-53-35-51-47-21-15-16-22-55(47)68(7,8)56(51)37-59(53)71-60-36-54-61(38-57(60)69-63(48)64(49)71)72-65(40-19-13-10-14-20-40)62(54)39-17-11-9-12-18-39/h9-30,32-38,62,65,70H,31H2,1-8H3. The molecule has 2 unspecified atom stereocenters. The molecule has 10 aromatic rings. The van der Waals surface area contributed by atoms with Crippen LogP contribution in [-0.4, -0.2) is 11.8 Å². The van der Waals surface area contributed by atoms with Gasteiger partial charge >= 0.3 is 0 Å². The molecule has 349 valence electrons. The molecular formula is C68H58BN2O. The summed E-state index contributed by atoms with van der Waals surface area (Å²) in [4.78, 5) is 0. The molecule has 2 aliphatic heterocycles. The Hall–Kier alpha value is -7.56. The van der Waals surface area contributed by atoms with Crippen LogP contribution in [0.5, 0.6) is 5.75 Å². The van der Waals surface area contributed by atoms with Gasteiger partial charge in [0.05, 0.1) is 11.4 Å². The van der Waals surface area contributed by atoms with Gasteiger partial charge in [0.1, 0.15) is 11.9 Å². The van der Waals surface area contributed by atoms with Crippen LogP contribution in [0.15, 0.2) is 176 Å². The highest BCUT2D eigenvalue weighted by molar-refractivity contribution is 6.73. The van der Waals surface area contributed by atoms with Crippen molar-refractivity contribution in [2.24, 2.45) is 0 Å². The smallest absolute Gasteiger partial charge is 0.198 e. The lowest BCUT2D eigenvalue weighted by molar-refractivity contribution is 0.222. The highest BCUT2D eigenvalue weighted by Crippen LogP contribution is 2.54. The number of ether oxygens (including phenoxy) is 1. The van der Waals surface area contributed by atoms with Gasteiger partial charge in [-0.25, -0.2) is 0 Å². The van der Waals surface area contributed by atoms with Crippen LogP contribution in [0.3, 0.4) is 0 Å². The van der Waals surface area contributed by atoms with Gasteiger partial charge in [0.15, 0.2) is 7.28 Å². The van der Waals surface area contributed by atoms with Crippen LogP contribution in [0.25, 0.3) is 60.9 Å². The summed E-state index contributed by atoms with van der Waals surface area (Å²) < 4.78 is 9.80. The lowest BCUT2D eigenvalue weighted by Gasteiger charge is -2.26. The van der Waals surface area contributed by atoms with Crippen LogP contribution < -0.4 is 21.0 Å². The predicted octanol–water partition coefficient (Wildman–Crippen LogP) is 15.9. The van der Waals surface area contributed by atoms with E-state index in [9.17, 15) is 0 Å². The summed E-state index contributed by atoms with van der Waals surface area (Å²) in [6, 6.07) is 66.6. The van der Waals surface area contributed by atoms with E-state index in [1.54, 1.807) is 0 Å². The Labute approximate surface area is 424 Å². The van der Waals surface area contributed by atoms with Crippen molar-refractivity contribution in [3.63, 3.8) is 0 Å². The van der Waals surface area contributed by atoms with E-state index in [1.165, 1.54) is 116 Å². The van der Waals surface area contributed by atoms with Gasteiger partial charge in [0.2, 0.25) is 0 Å². The van der Waals surface area contributed by atoms with Gasteiger partial charge in [-0.2, -0.15) is 0 Å². The fourth-order valence-electron chi connectivity index (χ4n) is 12.9. The van der Waals surface area contributed by atoms with E-state index in [-0.39, 0.29) is 28.3 Å². The van der Waals surface area contributed by atoms with Crippen molar-refractivity contribution in [3.05, 3.63) is 226 Å². The van der Waals surface area contributed by atoms with E-state index in [0.717, 1.165) is 29.0 Å². The topological polar surface area (TPSA) is 26.2 Å². The van der Waals surface area contributed by atoms with Gasteiger partial charge in [-0.3, -0.25) is 0 Å². The Balaban J connectivity index is 1.02. The van der Waals surface area contributed by atoms with E-state index in [4.69, 9.17) is 4.74 Å². The number of fused-ring (bicyclic) bond motifs is 12. The number of hydrogen-bond donors (Lipinski definition) is 1. The molecule has 14 rings (SSSR count). The maximum atomic E-state index is 7.18. The van der Waals surface area contributed by atoms with Gasteiger partial charge in [-0.15, -0.1) is 0 Å². The SMILES string of the molecule is CC(C)(C)c1ccc(Nc2cc3c(cc2-c2ccc4c5cc6c(cc5n5c4c2[B]c2cc4c(cc2-5)C(c2ccccc2)C(c2ccccc2)O4)C(C)(C)c2ccccc2-6)-c2ccc(C(C)(C)C)cc2C3)cc1. The zero-order valence-electron chi connectivity index (χ0n) is 42.5. The summed E-state index contributed by atoms with van der Waals surface area (Å²) >= 11 is 0. The number of nitrogens with one attached hydrogen (secondary N) is 1. The molecule has 0 amide bonds. The van der Waals surface area contributed by atoms with Crippen molar-refractivity contribution in [1.82, 2.24) is 4.57 Å². The first-order valence-electron chi connectivity index (χ1n) is 25.9. The molecule has 2 aliphatic carbocycles. The van der Waals surface area contributed by atoms with E-state index in [1.807, 2.05) is 0 Å². The van der Waals surface area contributed by atoms with E-state index >= 15 is 0 Å². The van der Waals surface area contributed by atoms with Crippen molar-refractivity contribution in [1.29, 1.82) is 0 Å². The first-order chi connectivity index (χ1) is 34.7. The second-order valence-corrected chi connectivity index (χ2v) is 23.6. The van der Waals surface area contributed by atoms with Crippen molar-refractivity contribution in [2.75, 3.05) is 5.32 Å². The van der Waals surface area contributed by atoms with Gasteiger partial charge in [-0.1, -0.05) is 188 Å². The molecule has 1 radical (unpaired) electrons. The molecule has 2 atom stereocenters. The molecule has 0 fully saturated rings. The third-order valence-electron chi connectivity index (χ3n) is 16.8. The summed E-state index contributed by atoms with van der Waals surface area (Å²) in [7, 11) is 2.47. The predicted molar refractivity (Wildman–Crippen MR) is 302 cm³/mol. The lowest BCUT2D eigenvalue weighted by atomic mass is 9.58. The Morgan fingerprint density at radius 3 is 1.99 bits per heavy atom. The minimum absolute atomic E-state index is 0.0245. The van der Waals surface area contributed by atoms with Crippen molar-refractivity contribution >= 4 is 51.4 Å². The monoisotopic (exact) mass is 929 g/mol. The highest BCUT2D eigenvalue weighted by Gasteiger charge is 2.41. The second-order valence-electron chi connectivity index (χ2n) is 23.6. The largest absolute Gasteiger partial charge is 0.484 e. The Bertz CT molecular complexity index is 3900. The Kier molecular flexibility index (Phi) is 9.15. The molecule has 1 N–H and O–H groups in total. The fourth-order valence-corrected chi connectivity index (χ4v) is 12.9. The lowest BCUT2D eigenvalue weighted by Crippen LogP contribution is -2.37. The fraction of sp³-hybridized carbons (Fsp3) is 0.206. The van der Waals surface area contributed by atoms with Crippen LogP contribution in [0, 0.1) is 0 Å². The number of aromatic nitrogens is 1. The highest BCUT2D eigenvalue weighted by atomic mass is 16.5. The zero-order chi connectivity index (χ0) is 49.0. The number of hydrogen-bond acceptors (Lipinski definition) is 2. The maximum absolute atomic E-state index is 7.18. The molecule has 1 aromatic heterocycles. The molecule has 0 saturated heterocycles. The summed E-state index contributed by atoms with van der Waals surface area (Å²) in [5, 5.41) is 6.55. The molecule has 3 nitrogen and oxygen atoms in total. The molecule has 4 aliphatic rings. The Morgan fingerprint density at radius 2 is 1.24 bits per heavy atom. The number of nitrogens with zero attached hydrogens (tertiary/aromatic N) is 1. The maximum Gasteiger partial charge on any atom is 0.198 e. The van der Waals surface area contributed by atoms with Crippen LogP contribution in [-0.2, 0) is 22.7 Å². The molecule has 0 saturated carbocycles. The minimum Gasteiger partial charge on any atom is -0.484 e. The molecule has 9 aromatic carbocycles. The summed E-state index contributed by atoms with van der Waals surface area (Å²) in [5.41, 5.74) is 27.9. The summed E-state index contributed by atoms with van der Waals surface area (Å²) in [5.74, 6) is 0.972. The summed E-state index contributed by atoms with van der Waals surface area (Å²) in [6.45, 7) is 18.6. The van der Waals surface area contributed by atoms with Crippen molar-refractivity contribution in [3.8, 4) is 44.8 Å². The quantitative estimate of drug-likeness (QED) is 0.174. The summed E-state index contributed by atoms with van der Waals surface area (Å²) in [6.07, 6.45) is 0.754. The normalized spacial score (nSPS) is 16.6. The minimum atomic E-state index is -0.158. The number of anilines is 2. The molecule has 72 heavy (non-hydrogen) atoms. The zero-order valence-corrected chi connectivity index (χ0v) is 42.5. The van der Waals surface area contributed by atoms with E-state index < -0.39 is 0 Å². The first kappa shape index (κ1) is 43.3. The molecule has 0 spiro atoms. The van der Waals surface area contributed by atoms with Crippen LogP contribution in [0.2, 0.25) is 0 Å². The van der Waals surface area contributed by atoms with Gasteiger partial charge in [-0.05, 0) is 144 Å². The Morgan fingerprint density at radius 1 is 0.556 bits per heavy atom. The van der Waals surface area contributed by atoms with Crippen LogP contribution >= 0.6 is 0 Å². The van der Waals surface area contributed by atoms with E-state index in [2.05, 4.69) is 248 Å². The van der Waals surface area contributed by atoms with Gasteiger partial charge in [0, 0.05) is 49.9 Å². The number of benzene rings is 9. The first-order valence-corrected chi connectivity index (χ1v) is 25.9. The van der Waals surface area contributed by atoms with E-state index in [0.29, 0.717) is 0 Å². The molecule has 4 heteroatoms. The molecule has 0 bridgehead atoms. The average Bonchev–Trinajstić information content (AvgIpc) is 4.10. The van der Waals surface area contributed by atoms with Crippen molar-refractivity contribution < 1.29 is 4.74 Å². The molecule has 3 heterocycles. The van der Waals surface area contributed by atoms with Crippen LogP contribution in [0.1, 0.15) is 117 Å². The van der Waals surface area contributed by atoms with Gasteiger partial charge in [0.25, 0.3) is 0 Å². The number of rotatable bonds is 5. The third kappa shape index (κ3) is 6.43. The third-order valence-corrected chi connectivity index (χ3v) is 16.8.